The first-order valence-corrected chi connectivity index (χ1v) is 5.53. The van der Waals surface area contributed by atoms with E-state index in [1.807, 2.05) is 6.20 Å². The van der Waals surface area contributed by atoms with E-state index in [-0.39, 0.29) is 0 Å². The topological polar surface area (TPSA) is 24.9 Å². The van der Waals surface area contributed by atoms with Crippen LogP contribution in [0.15, 0.2) is 18.3 Å². The van der Waals surface area contributed by atoms with E-state index in [9.17, 15) is 0 Å². The van der Waals surface area contributed by atoms with Crippen molar-refractivity contribution in [2.45, 2.75) is 26.2 Å². The molecule has 0 spiro atoms. The molecule has 2 nitrogen and oxygen atoms in total. The van der Waals surface area contributed by atoms with E-state index < -0.39 is 0 Å². The number of hydrogen-bond donors (Lipinski definition) is 1. The summed E-state index contributed by atoms with van der Waals surface area (Å²) in [5.41, 5.74) is 2.58. The Morgan fingerprint density at radius 2 is 2.43 bits per heavy atom. The Kier molecular flexibility index (Phi) is 3.14. The zero-order valence-electron chi connectivity index (χ0n) is 8.79. The minimum atomic E-state index is 0.801. The van der Waals surface area contributed by atoms with Crippen molar-refractivity contribution in [1.29, 1.82) is 0 Å². The summed E-state index contributed by atoms with van der Waals surface area (Å²) in [5.74, 6) is 0.801. The van der Waals surface area contributed by atoms with Gasteiger partial charge in [0.25, 0.3) is 0 Å². The van der Waals surface area contributed by atoms with E-state index >= 15 is 0 Å². The van der Waals surface area contributed by atoms with Gasteiger partial charge in [0, 0.05) is 11.9 Å². The van der Waals surface area contributed by atoms with Gasteiger partial charge in [0.1, 0.15) is 0 Å². The molecule has 2 heterocycles. The lowest BCUT2D eigenvalue weighted by Gasteiger charge is -2.07. The molecule has 1 atom stereocenters. The number of nitrogens with one attached hydrogen (secondary N) is 1. The molecular formula is C12H18N2. The molecule has 0 saturated carbocycles. The van der Waals surface area contributed by atoms with Crippen molar-refractivity contribution in [2.75, 3.05) is 13.1 Å². The summed E-state index contributed by atoms with van der Waals surface area (Å²) in [6, 6.07) is 4.38. The number of pyridine rings is 1. The molecule has 1 fully saturated rings. The monoisotopic (exact) mass is 190 g/mol. The van der Waals surface area contributed by atoms with Gasteiger partial charge in [-0.3, -0.25) is 4.98 Å². The van der Waals surface area contributed by atoms with Crippen LogP contribution in [-0.4, -0.2) is 18.1 Å². The zero-order chi connectivity index (χ0) is 9.80. The van der Waals surface area contributed by atoms with Crippen molar-refractivity contribution < 1.29 is 0 Å². The Morgan fingerprint density at radius 1 is 1.50 bits per heavy atom. The van der Waals surface area contributed by atoms with Crippen molar-refractivity contribution in [3.8, 4) is 0 Å². The third-order valence-electron chi connectivity index (χ3n) is 2.95. The fourth-order valence-electron chi connectivity index (χ4n) is 1.97. The summed E-state index contributed by atoms with van der Waals surface area (Å²) in [4.78, 5) is 4.49. The molecule has 0 radical (unpaired) electrons. The lowest BCUT2D eigenvalue weighted by Crippen LogP contribution is -2.11. The molecule has 0 amide bonds. The molecule has 14 heavy (non-hydrogen) atoms. The SMILES string of the molecule is CCc1ccc(CC2CCNC2)nc1. The Labute approximate surface area is 85.7 Å². The Morgan fingerprint density at radius 3 is 3.00 bits per heavy atom. The predicted molar refractivity (Wildman–Crippen MR) is 58.3 cm³/mol. The lowest BCUT2D eigenvalue weighted by molar-refractivity contribution is 0.571. The van der Waals surface area contributed by atoms with Crippen LogP contribution in [0.2, 0.25) is 0 Å². The van der Waals surface area contributed by atoms with Crippen molar-refractivity contribution in [1.82, 2.24) is 10.3 Å². The van der Waals surface area contributed by atoms with Gasteiger partial charge in [-0.15, -0.1) is 0 Å². The van der Waals surface area contributed by atoms with Crippen LogP contribution in [0.4, 0.5) is 0 Å². The fourth-order valence-corrected chi connectivity index (χ4v) is 1.97. The molecule has 1 saturated heterocycles. The van der Waals surface area contributed by atoms with Gasteiger partial charge in [-0.05, 0) is 49.9 Å². The molecule has 0 aliphatic carbocycles. The third kappa shape index (κ3) is 2.32. The highest BCUT2D eigenvalue weighted by Gasteiger charge is 2.14. The first kappa shape index (κ1) is 9.66. The van der Waals surface area contributed by atoms with Crippen LogP contribution in [0.1, 0.15) is 24.6 Å². The van der Waals surface area contributed by atoms with Gasteiger partial charge in [0.15, 0.2) is 0 Å². The van der Waals surface area contributed by atoms with E-state index in [1.165, 1.54) is 24.2 Å². The predicted octanol–water partition coefficient (Wildman–Crippen LogP) is 1.80. The highest BCUT2D eigenvalue weighted by Crippen LogP contribution is 2.13. The summed E-state index contributed by atoms with van der Waals surface area (Å²) in [6.45, 7) is 4.51. The van der Waals surface area contributed by atoms with E-state index in [2.05, 4.69) is 29.4 Å². The summed E-state index contributed by atoms with van der Waals surface area (Å²) >= 11 is 0. The van der Waals surface area contributed by atoms with Crippen LogP contribution in [0, 0.1) is 5.92 Å². The van der Waals surface area contributed by atoms with Crippen molar-refractivity contribution in [3.63, 3.8) is 0 Å². The largest absolute Gasteiger partial charge is 0.316 e. The molecule has 1 aromatic rings. The lowest BCUT2D eigenvalue weighted by atomic mass is 10.0. The van der Waals surface area contributed by atoms with Gasteiger partial charge in [-0.2, -0.15) is 0 Å². The van der Waals surface area contributed by atoms with E-state index in [1.54, 1.807) is 0 Å². The molecule has 1 aliphatic rings. The van der Waals surface area contributed by atoms with Gasteiger partial charge in [-0.25, -0.2) is 0 Å². The zero-order valence-corrected chi connectivity index (χ0v) is 8.79. The summed E-state index contributed by atoms with van der Waals surface area (Å²) < 4.78 is 0. The average Bonchev–Trinajstić information content (AvgIpc) is 2.72. The molecular weight excluding hydrogens is 172 g/mol. The first-order chi connectivity index (χ1) is 6.88. The van der Waals surface area contributed by atoms with Crippen molar-refractivity contribution >= 4 is 0 Å². The minimum Gasteiger partial charge on any atom is -0.316 e. The molecule has 1 aromatic heterocycles. The summed E-state index contributed by atoms with van der Waals surface area (Å²) in [5, 5.41) is 3.39. The molecule has 1 unspecified atom stereocenters. The van der Waals surface area contributed by atoms with Gasteiger partial charge in [0.2, 0.25) is 0 Å². The fraction of sp³-hybridized carbons (Fsp3) is 0.583. The normalized spacial score (nSPS) is 21.4. The molecule has 2 rings (SSSR count). The van der Waals surface area contributed by atoms with Gasteiger partial charge in [-0.1, -0.05) is 13.0 Å². The highest BCUT2D eigenvalue weighted by atomic mass is 14.9. The van der Waals surface area contributed by atoms with Gasteiger partial charge >= 0.3 is 0 Å². The molecule has 2 heteroatoms. The maximum absolute atomic E-state index is 4.49. The Bertz CT molecular complexity index is 273. The number of aryl methyl sites for hydroxylation is 1. The number of aromatic nitrogens is 1. The minimum absolute atomic E-state index is 0.801. The van der Waals surface area contributed by atoms with Crippen LogP contribution in [0.25, 0.3) is 0 Å². The smallest absolute Gasteiger partial charge is 0.0407 e. The number of hydrogen-bond acceptors (Lipinski definition) is 2. The second-order valence-corrected chi connectivity index (χ2v) is 4.07. The van der Waals surface area contributed by atoms with Crippen LogP contribution in [-0.2, 0) is 12.8 Å². The van der Waals surface area contributed by atoms with Crippen LogP contribution in [0.5, 0.6) is 0 Å². The Balaban J connectivity index is 1.95. The molecule has 1 N–H and O–H groups in total. The summed E-state index contributed by atoms with van der Waals surface area (Å²) in [7, 11) is 0. The summed E-state index contributed by atoms with van der Waals surface area (Å²) in [6.07, 6.45) is 5.53. The molecule has 0 bridgehead atoms. The number of rotatable bonds is 3. The first-order valence-electron chi connectivity index (χ1n) is 5.53. The standard InChI is InChI=1S/C12H18N2/c1-2-10-3-4-12(14-9-10)7-11-5-6-13-8-11/h3-4,9,11,13H,2,5-8H2,1H3. The number of nitrogens with zero attached hydrogens (tertiary/aromatic N) is 1. The highest BCUT2D eigenvalue weighted by molar-refractivity contribution is 5.14. The van der Waals surface area contributed by atoms with E-state index in [4.69, 9.17) is 0 Å². The van der Waals surface area contributed by atoms with Crippen LogP contribution >= 0.6 is 0 Å². The second kappa shape index (κ2) is 4.56. The van der Waals surface area contributed by atoms with E-state index in [0.717, 1.165) is 25.3 Å². The van der Waals surface area contributed by atoms with Crippen molar-refractivity contribution in [3.05, 3.63) is 29.6 Å². The molecule has 76 valence electrons. The van der Waals surface area contributed by atoms with Gasteiger partial charge < -0.3 is 5.32 Å². The van der Waals surface area contributed by atoms with Crippen LogP contribution in [0.3, 0.4) is 0 Å². The third-order valence-corrected chi connectivity index (χ3v) is 2.95. The van der Waals surface area contributed by atoms with Gasteiger partial charge in [0.05, 0.1) is 0 Å². The van der Waals surface area contributed by atoms with E-state index in [0.29, 0.717) is 0 Å². The van der Waals surface area contributed by atoms with Crippen molar-refractivity contribution in [2.24, 2.45) is 5.92 Å². The molecule has 0 aromatic carbocycles. The van der Waals surface area contributed by atoms with Crippen LogP contribution < -0.4 is 5.32 Å². The maximum Gasteiger partial charge on any atom is 0.0407 e. The maximum atomic E-state index is 4.49. The Hall–Kier alpha value is -0.890. The molecule has 1 aliphatic heterocycles. The quantitative estimate of drug-likeness (QED) is 0.786. The second-order valence-electron chi connectivity index (χ2n) is 4.07. The average molecular weight is 190 g/mol.